The zero-order chi connectivity index (χ0) is 16.7. The van der Waals surface area contributed by atoms with Gasteiger partial charge in [0.05, 0.1) is 11.7 Å². The Morgan fingerprint density at radius 1 is 1.21 bits per heavy atom. The molecule has 2 aromatic heterocycles. The Morgan fingerprint density at radius 2 is 1.92 bits per heavy atom. The van der Waals surface area contributed by atoms with Crippen LogP contribution in [0.4, 0.5) is 5.82 Å². The fourth-order valence-corrected chi connectivity index (χ4v) is 4.49. The number of aryl methyl sites for hydroxylation is 1. The minimum atomic E-state index is 0.296. The van der Waals surface area contributed by atoms with Gasteiger partial charge in [0.25, 0.3) is 0 Å². The molecule has 2 fully saturated rings. The van der Waals surface area contributed by atoms with Crippen LogP contribution in [-0.2, 0) is 11.8 Å². The van der Waals surface area contributed by atoms with Gasteiger partial charge in [0, 0.05) is 37.6 Å². The maximum absolute atomic E-state index is 12.6. The standard InChI is InChI=1S/C19H26N4O/c1-22-12-16(15-10-18(20)21-11-17(15)22)13-6-8-23(9-7-13)19(24)14-4-2-3-5-14/h10-14H,2-9H2,1H3,(H2,20,21). The highest BCUT2D eigenvalue weighted by atomic mass is 16.2. The Bertz CT molecular complexity index is 752. The average Bonchev–Trinajstić information content (AvgIpc) is 3.23. The summed E-state index contributed by atoms with van der Waals surface area (Å²) in [6, 6.07) is 1.99. The van der Waals surface area contributed by atoms with E-state index in [0.717, 1.165) is 44.3 Å². The van der Waals surface area contributed by atoms with Gasteiger partial charge in [-0.25, -0.2) is 4.98 Å². The summed E-state index contributed by atoms with van der Waals surface area (Å²) in [7, 11) is 2.06. The number of amides is 1. The lowest BCUT2D eigenvalue weighted by Gasteiger charge is -2.33. The predicted octanol–water partition coefficient (Wildman–Crippen LogP) is 3.05. The van der Waals surface area contributed by atoms with Crippen molar-refractivity contribution >= 4 is 22.6 Å². The fourth-order valence-electron chi connectivity index (χ4n) is 4.49. The maximum Gasteiger partial charge on any atom is 0.225 e. The number of fused-ring (bicyclic) bond motifs is 1. The lowest BCUT2D eigenvalue weighted by Crippen LogP contribution is -2.40. The molecule has 0 atom stereocenters. The molecular formula is C19H26N4O. The Labute approximate surface area is 142 Å². The van der Waals surface area contributed by atoms with E-state index in [1.54, 1.807) is 0 Å². The van der Waals surface area contributed by atoms with Crippen LogP contribution in [0.15, 0.2) is 18.5 Å². The molecule has 1 saturated carbocycles. The first-order valence-corrected chi connectivity index (χ1v) is 9.12. The molecule has 1 aliphatic carbocycles. The van der Waals surface area contributed by atoms with Crippen molar-refractivity contribution in [3.8, 4) is 0 Å². The molecule has 1 amide bonds. The second-order valence-electron chi connectivity index (χ2n) is 7.40. The molecule has 3 heterocycles. The van der Waals surface area contributed by atoms with Crippen LogP contribution in [0, 0.1) is 5.92 Å². The Morgan fingerprint density at radius 3 is 2.62 bits per heavy atom. The SMILES string of the molecule is Cn1cc(C2CCN(C(=O)C3CCCC3)CC2)c2cc(N)ncc21. The number of carbonyl (C=O) groups excluding carboxylic acids is 1. The van der Waals surface area contributed by atoms with Gasteiger partial charge < -0.3 is 15.2 Å². The summed E-state index contributed by atoms with van der Waals surface area (Å²) in [5, 5.41) is 1.21. The molecule has 0 unspecified atom stereocenters. The van der Waals surface area contributed by atoms with Crippen molar-refractivity contribution in [1.82, 2.24) is 14.5 Å². The number of rotatable bonds is 2. The third-order valence-corrected chi connectivity index (χ3v) is 5.88. The van der Waals surface area contributed by atoms with Crippen molar-refractivity contribution < 1.29 is 4.79 Å². The Hall–Kier alpha value is -2.04. The first-order valence-electron chi connectivity index (χ1n) is 9.12. The van der Waals surface area contributed by atoms with E-state index in [2.05, 4.69) is 27.7 Å². The number of nitrogen functional groups attached to an aromatic ring is 1. The van der Waals surface area contributed by atoms with Crippen LogP contribution in [0.2, 0.25) is 0 Å². The molecule has 4 rings (SSSR count). The van der Waals surface area contributed by atoms with Gasteiger partial charge in [-0.15, -0.1) is 0 Å². The minimum absolute atomic E-state index is 0.296. The van der Waals surface area contributed by atoms with E-state index in [-0.39, 0.29) is 0 Å². The molecule has 1 aliphatic heterocycles. The number of pyridine rings is 1. The van der Waals surface area contributed by atoms with Crippen molar-refractivity contribution in [3.05, 3.63) is 24.0 Å². The number of piperidine rings is 1. The monoisotopic (exact) mass is 326 g/mol. The molecular weight excluding hydrogens is 300 g/mol. The van der Waals surface area contributed by atoms with Gasteiger partial charge >= 0.3 is 0 Å². The third-order valence-electron chi connectivity index (χ3n) is 5.88. The number of nitrogens with zero attached hydrogens (tertiary/aromatic N) is 3. The molecule has 5 heteroatoms. The molecule has 5 nitrogen and oxygen atoms in total. The topological polar surface area (TPSA) is 64.2 Å². The Balaban J connectivity index is 1.50. The van der Waals surface area contributed by atoms with Gasteiger partial charge in [0.1, 0.15) is 5.82 Å². The summed E-state index contributed by atoms with van der Waals surface area (Å²) in [6.07, 6.45) is 10.8. The van der Waals surface area contributed by atoms with Crippen molar-refractivity contribution in [2.24, 2.45) is 13.0 Å². The molecule has 0 aromatic carbocycles. The van der Waals surface area contributed by atoms with E-state index in [4.69, 9.17) is 5.73 Å². The highest BCUT2D eigenvalue weighted by Crippen LogP contribution is 2.35. The van der Waals surface area contributed by atoms with E-state index >= 15 is 0 Å². The van der Waals surface area contributed by atoms with Crippen LogP contribution in [0.1, 0.15) is 50.0 Å². The zero-order valence-electron chi connectivity index (χ0n) is 14.4. The summed E-state index contributed by atoms with van der Waals surface area (Å²) >= 11 is 0. The quantitative estimate of drug-likeness (QED) is 0.922. The average molecular weight is 326 g/mol. The molecule has 24 heavy (non-hydrogen) atoms. The second kappa shape index (κ2) is 6.11. The van der Waals surface area contributed by atoms with Crippen LogP contribution in [0.3, 0.4) is 0 Å². The summed E-state index contributed by atoms with van der Waals surface area (Å²) in [5.74, 6) is 1.77. The lowest BCUT2D eigenvalue weighted by molar-refractivity contribution is -0.136. The highest BCUT2D eigenvalue weighted by molar-refractivity contribution is 5.86. The molecule has 0 spiro atoms. The molecule has 2 N–H and O–H groups in total. The van der Waals surface area contributed by atoms with E-state index in [0.29, 0.717) is 23.6 Å². The van der Waals surface area contributed by atoms with Crippen LogP contribution >= 0.6 is 0 Å². The fraction of sp³-hybridized carbons (Fsp3) is 0.579. The van der Waals surface area contributed by atoms with E-state index < -0.39 is 0 Å². The van der Waals surface area contributed by atoms with Crippen molar-refractivity contribution in [3.63, 3.8) is 0 Å². The largest absolute Gasteiger partial charge is 0.384 e. The van der Waals surface area contributed by atoms with Crippen LogP contribution in [-0.4, -0.2) is 33.4 Å². The second-order valence-corrected chi connectivity index (χ2v) is 7.40. The summed E-state index contributed by atoms with van der Waals surface area (Å²) < 4.78 is 2.13. The molecule has 2 aliphatic rings. The summed E-state index contributed by atoms with van der Waals surface area (Å²) in [6.45, 7) is 1.77. The van der Waals surface area contributed by atoms with Gasteiger partial charge in [-0.1, -0.05) is 12.8 Å². The molecule has 0 radical (unpaired) electrons. The number of carbonyl (C=O) groups is 1. The van der Waals surface area contributed by atoms with E-state index in [1.165, 1.54) is 23.8 Å². The van der Waals surface area contributed by atoms with E-state index in [9.17, 15) is 4.79 Å². The van der Waals surface area contributed by atoms with Crippen molar-refractivity contribution in [2.45, 2.75) is 44.4 Å². The zero-order valence-corrected chi connectivity index (χ0v) is 14.4. The molecule has 1 saturated heterocycles. The molecule has 128 valence electrons. The maximum atomic E-state index is 12.6. The van der Waals surface area contributed by atoms with Crippen molar-refractivity contribution in [2.75, 3.05) is 18.8 Å². The van der Waals surface area contributed by atoms with Gasteiger partial charge in [-0.3, -0.25) is 4.79 Å². The van der Waals surface area contributed by atoms with Gasteiger partial charge in [0.15, 0.2) is 0 Å². The van der Waals surface area contributed by atoms with Crippen LogP contribution in [0.25, 0.3) is 10.9 Å². The third kappa shape index (κ3) is 2.66. The minimum Gasteiger partial charge on any atom is -0.384 e. The number of likely N-dealkylation sites (tertiary alicyclic amines) is 1. The smallest absolute Gasteiger partial charge is 0.225 e. The van der Waals surface area contributed by atoms with E-state index in [1.807, 2.05) is 12.3 Å². The number of hydrogen-bond acceptors (Lipinski definition) is 3. The normalized spacial score (nSPS) is 20.1. The molecule has 2 aromatic rings. The highest BCUT2D eigenvalue weighted by Gasteiger charge is 2.31. The number of anilines is 1. The van der Waals surface area contributed by atoms with Gasteiger partial charge in [0.2, 0.25) is 5.91 Å². The summed E-state index contributed by atoms with van der Waals surface area (Å²) in [4.78, 5) is 18.9. The molecule has 0 bridgehead atoms. The first kappa shape index (κ1) is 15.5. The Kier molecular flexibility index (Phi) is 3.94. The number of aromatic nitrogens is 2. The first-order chi connectivity index (χ1) is 11.6. The number of nitrogens with two attached hydrogens (primary N) is 1. The van der Waals surface area contributed by atoms with Gasteiger partial charge in [-0.05, 0) is 43.2 Å². The van der Waals surface area contributed by atoms with Crippen LogP contribution < -0.4 is 5.73 Å². The van der Waals surface area contributed by atoms with Crippen LogP contribution in [0.5, 0.6) is 0 Å². The predicted molar refractivity (Wildman–Crippen MR) is 95.6 cm³/mol. The summed E-state index contributed by atoms with van der Waals surface area (Å²) in [5.41, 5.74) is 8.37. The van der Waals surface area contributed by atoms with Gasteiger partial charge in [-0.2, -0.15) is 0 Å². The number of hydrogen-bond donors (Lipinski definition) is 1. The van der Waals surface area contributed by atoms with Crippen molar-refractivity contribution in [1.29, 1.82) is 0 Å². The lowest BCUT2D eigenvalue weighted by atomic mass is 9.88.